The van der Waals surface area contributed by atoms with Gasteiger partial charge in [-0.3, -0.25) is 0 Å². The maximum Gasteiger partial charge on any atom is 0.146 e. The summed E-state index contributed by atoms with van der Waals surface area (Å²) in [6.07, 6.45) is 2.70. The number of hydrogen-bond donors (Lipinski definition) is 1. The molecule has 0 saturated heterocycles. The summed E-state index contributed by atoms with van der Waals surface area (Å²) in [5.74, 6) is 2.49. The molecule has 1 heterocycles. The summed E-state index contributed by atoms with van der Waals surface area (Å²) in [6.45, 7) is 8.84. The number of aryl methyl sites for hydroxylation is 1. The van der Waals surface area contributed by atoms with Crippen LogP contribution in [0.1, 0.15) is 37.7 Å². The summed E-state index contributed by atoms with van der Waals surface area (Å²) < 4.78 is 11.5. The molecule has 0 fully saturated rings. The fourth-order valence-electron chi connectivity index (χ4n) is 2.23. The highest BCUT2D eigenvalue weighted by molar-refractivity contribution is 5.33. The first-order valence-corrected chi connectivity index (χ1v) is 7.67. The van der Waals surface area contributed by atoms with E-state index < -0.39 is 0 Å². The number of rotatable bonds is 8. The molecule has 0 spiro atoms. The quantitative estimate of drug-likeness (QED) is 0.791. The molecule has 3 heteroatoms. The molecule has 114 valence electrons. The van der Waals surface area contributed by atoms with E-state index in [1.54, 1.807) is 6.26 Å². The van der Waals surface area contributed by atoms with Crippen LogP contribution < -0.4 is 10.1 Å². The maximum absolute atomic E-state index is 5.92. The molecule has 0 aliphatic rings. The van der Waals surface area contributed by atoms with Crippen molar-refractivity contribution in [3.63, 3.8) is 0 Å². The minimum absolute atomic E-state index is 0.475. The van der Waals surface area contributed by atoms with Gasteiger partial charge in [0.2, 0.25) is 0 Å². The Labute approximate surface area is 127 Å². The average Bonchev–Trinajstić information content (AvgIpc) is 2.92. The van der Waals surface area contributed by atoms with E-state index in [1.807, 2.05) is 24.3 Å². The Kier molecular flexibility index (Phi) is 5.88. The van der Waals surface area contributed by atoms with E-state index in [0.717, 1.165) is 31.0 Å². The van der Waals surface area contributed by atoms with Crippen LogP contribution in [0.3, 0.4) is 0 Å². The third-order valence-corrected chi connectivity index (χ3v) is 3.42. The normalized spacial score (nSPS) is 11.0. The van der Waals surface area contributed by atoms with Gasteiger partial charge in [0.15, 0.2) is 0 Å². The lowest BCUT2D eigenvalue weighted by molar-refractivity contribution is 0.265. The second-order valence-electron chi connectivity index (χ2n) is 5.64. The molecule has 0 amide bonds. The van der Waals surface area contributed by atoms with Crippen LogP contribution in [0.2, 0.25) is 0 Å². The van der Waals surface area contributed by atoms with E-state index in [-0.39, 0.29) is 0 Å². The molecule has 0 atom stereocenters. The molecule has 0 aliphatic heterocycles. The van der Waals surface area contributed by atoms with Crippen molar-refractivity contribution < 1.29 is 9.15 Å². The van der Waals surface area contributed by atoms with Gasteiger partial charge in [-0.05, 0) is 36.6 Å². The second-order valence-corrected chi connectivity index (χ2v) is 5.64. The van der Waals surface area contributed by atoms with E-state index in [0.29, 0.717) is 12.5 Å². The van der Waals surface area contributed by atoms with Gasteiger partial charge in [-0.15, -0.1) is 0 Å². The van der Waals surface area contributed by atoms with Gasteiger partial charge < -0.3 is 14.5 Å². The number of nitrogens with one attached hydrogen (secondary N) is 1. The largest absolute Gasteiger partial charge is 0.485 e. The van der Waals surface area contributed by atoms with Gasteiger partial charge in [0.25, 0.3) is 0 Å². The van der Waals surface area contributed by atoms with Crippen LogP contribution in [0, 0.1) is 5.92 Å². The fourth-order valence-corrected chi connectivity index (χ4v) is 2.23. The molecule has 1 aromatic heterocycles. The molecule has 2 aromatic rings. The van der Waals surface area contributed by atoms with Crippen LogP contribution in [0.4, 0.5) is 0 Å². The molecular formula is C18H25NO2. The van der Waals surface area contributed by atoms with E-state index in [9.17, 15) is 0 Å². The van der Waals surface area contributed by atoms with Crippen molar-refractivity contribution in [3.05, 3.63) is 53.5 Å². The Morgan fingerprint density at radius 2 is 1.95 bits per heavy atom. The molecule has 0 radical (unpaired) electrons. The first-order valence-electron chi connectivity index (χ1n) is 7.67. The maximum atomic E-state index is 5.92. The van der Waals surface area contributed by atoms with Crippen LogP contribution in [-0.2, 0) is 19.6 Å². The van der Waals surface area contributed by atoms with Crippen molar-refractivity contribution in [2.24, 2.45) is 5.92 Å². The van der Waals surface area contributed by atoms with Gasteiger partial charge in [-0.1, -0.05) is 39.0 Å². The van der Waals surface area contributed by atoms with Crippen molar-refractivity contribution in [2.45, 2.75) is 40.3 Å². The van der Waals surface area contributed by atoms with E-state index in [1.165, 1.54) is 11.1 Å². The standard InChI is InChI=1S/C18H25NO2/c1-4-15-7-5-6-8-17(15)21-13-18-16(9-10-20-18)12-19-11-14(2)3/h5-10,14,19H,4,11-13H2,1-3H3. The summed E-state index contributed by atoms with van der Waals surface area (Å²) in [4.78, 5) is 0. The highest BCUT2D eigenvalue weighted by Gasteiger charge is 2.08. The fraction of sp³-hybridized carbons (Fsp3) is 0.444. The van der Waals surface area contributed by atoms with Crippen LogP contribution in [0.5, 0.6) is 5.75 Å². The highest BCUT2D eigenvalue weighted by atomic mass is 16.5. The van der Waals surface area contributed by atoms with E-state index in [4.69, 9.17) is 9.15 Å². The predicted molar refractivity (Wildman–Crippen MR) is 85.4 cm³/mol. The van der Waals surface area contributed by atoms with Crippen LogP contribution in [0.15, 0.2) is 41.0 Å². The number of para-hydroxylation sites is 1. The SMILES string of the molecule is CCc1ccccc1OCc1occc1CNCC(C)C. The minimum Gasteiger partial charge on any atom is -0.485 e. The van der Waals surface area contributed by atoms with Crippen molar-refractivity contribution in [3.8, 4) is 5.75 Å². The summed E-state index contributed by atoms with van der Waals surface area (Å²) in [5.41, 5.74) is 2.40. The van der Waals surface area contributed by atoms with Crippen LogP contribution in [-0.4, -0.2) is 6.54 Å². The van der Waals surface area contributed by atoms with Crippen molar-refractivity contribution in [1.82, 2.24) is 5.32 Å². The molecule has 21 heavy (non-hydrogen) atoms. The smallest absolute Gasteiger partial charge is 0.146 e. The highest BCUT2D eigenvalue weighted by Crippen LogP contribution is 2.21. The number of hydrogen-bond acceptors (Lipinski definition) is 3. The van der Waals surface area contributed by atoms with Gasteiger partial charge in [-0.25, -0.2) is 0 Å². The van der Waals surface area contributed by atoms with Gasteiger partial charge in [0.05, 0.1) is 6.26 Å². The average molecular weight is 287 g/mol. The molecule has 0 bridgehead atoms. The zero-order valence-corrected chi connectivity index (χ0v) is 13.2. The van der Waals surface area contributed by atoms with E-state index in [2.05, 4.69) is 32.2 Å². The van der Waals surface area contributed by atoms with Gasteiger partial charge in [0.1, 0.15) is 18.1 Å². The Hall–Kier alpha value is -1.74. The monoisotopic (exact) mass is 287 g/mol. The number of benzene rings is 1. The molecule has 0 saturated carbocycles. The third-order valence-electron chi connectivity index (χ3n) is 3.42. The van der Waals surface area contributed by atoms with E-state index >= 15 is 0 Å². The number of furan rings is 1. The molecule has 2 rings (SSSR count). The van der Waals surface area contributed by atoms with Gasteiger partial charge >= 0.3 is 0 Å². The lowest BCUT2D eigenvalue weighted by atomic mass is 10.1. The molecule has 0 aliphatic carbocycles. The Bertz CT molecular complexity index is 546. The zero-order valence-electron chi connectivity index (χ0n) is 13.2. The topological polar surface area (TPSA) is 34.4 Å². The summed E-state index contributed by atoms with van der Waals surface area (Å²) in [7, 11) is 0. The molecule has 1 N–H and O–H groups in total. The molecule has 3 nitrogen and oxygen atoms in total. The summed E-state index contributed by atoms with van der Waals surface area (Å²) in [5, 5.41) is 3.43. The molecule has 1 aromatic carbocycles. The number of ether oxygens (including phenoxy) is 1. The molecule has 0 unspecified atom stereocenters. The molecular weight excluding hydrogens is 262 g/mol. The first kappa shape index (κ1) is 15.6. The summed E-state index contributed by atoms with van der Waals surface area (Å²) in [6, 6.07) is 10.2. The zero-order chi connectivity index (χ0) is 15.1. The predicted octanol–water partition coefficient (Wildman–Crippen LogP) is 4.17. The Morgan fingerprint density at radius 1 is 1.14 bits per heavy atom. The Morgan fingerprint density at radius 3 is 2.71 bits per heavy atom. The lowest BCUT2D eigenvalue weighted by Gasteiger charge is -2.11. The van der Waals surface area contributed by atoms with Gasteiger partial charge in [0, 0.05) is 12.1 Å². The Balaban J connectivity index is 1.93. The van der Waals surface area contributed by atoms with Crippen LogP contribution in [0.25, 0.3) is 0 Å². The lowest BCUT2D eigenvalue weighted by Crippen LogP contribution is -2.19. The van der Waals surface area contributed by atoms with Crippen molar-refractivity contribution in [1.29, 1.82) is 0 Å². The third kappa shape index (κ3) is 4.64. The summed E-state index contributed by atoms with van der Waals surface area (Å²) >= 11 is 0. The minimum atomic E-state index is 0.475. The van der Waals surface area contributed by atoms with Crippen molar-refractivity contribution >= 4 is 0 Å². The van der Waals surface area contributed by atoms with Crippen LogP contribution >= 0.6 is 0 Å². The van der Waals surface area contributed by atoms with Crippen molar-refractivity contribution in [2.75, 3.05) is 6.54 Å². The first-order chi connectivity index (χ1) is 10.2. The van der Waals surface area contributed by atoms with Gasteiger partial charge in [-0.2, -0.15) is 0 Å². The second kappa shape index (κ2) is 7.89.